The summed E-state index contributed by atoms with van der Waals surface area (Å²) in [6, 6.07) is 10.3. The maximum Gasteiger partial charge on any atom is 0.242 e. The van der Waals surface area contributed by atoms with Crippen molar-refractivity contribution in [2.75, 3.05) is 0 Å². The first-order valence-electron chi connectivity index (χ1n) is 9.08. The number of furan rings is 1. The second kappa shape index (κ2) is 5.88. The number of benzene rings is 1. The van der Waals surface area contributed by atoms with E-state index in [4.69, 9.17) is 9.41 Å². The highest BCUT2D eigenvalue weighted by Gasteiger charge is 2.46. The Labute approximate surface area is 157 Å². The van der Waals surface area contributed by atoms with Gasteiger partial charge in [-0.1, -0.05) is 29.5 Å². The van der Waals surface area contributed by atoms with Crippen molar-refractivity contribution in [2.24, 2.45) is 4.99 Å². The molecule has 0 bridgehead atoms. The molecule has 1 aliphatic carbocycles. The first-order valence-corrected chi connectivity index (χ1v) is 9.96. The minimum absolute atomic E-state index is 0.105. The Kier molecular flexibility index (Phi) is 3.60. The zero-order chi connectivity index (χ0) is 17.8. The van der Waals surface area contributed by atoms with Crippen LogP contribution in [-0.2, 0) is 11.2 Å². The molecule has 2 aromatic rings. The molecule has 132 valence electrons. The fourth-order valence-corrected chi connectivity index (χ4v) is 5.14. The van der Waals surface area contributed by atoms with Crippen molar-refractivity contribution in [1.29, 1.82) is 0 Å². The zero-order valence-electron chi connectivity index (χ0n) is 14.9. The molecule has 3 heterocycles. The number of rotatable bonds is 1. The smallest absolute Gasteiger partial charge is 0.242 e. The quantitative estimate of drug-likeness (QED) is 0.736. The standard InChI is InChI=1S/C21H20N2O2S/c1-12-8-9-14-5-3-6-15-18(16(14)11-12)22-21-23(20(24)13(2)26-21)19(15)17-7-4-10-25-17/h4,7-11,13,19H,3,5-6H2,1-2H3. The van der Waals surface area contributed by atoms with Crippen LogP contribution < -0.4 is 0 Å². The normalized spacial score (nSPS) is 24.8. The van der Waals surface area contributed by atoms with E-state index in [-0.39, 0.29) is 17.2 Å². The summed E-state index contributed by atoms with van der Waals surface area (Å²) in [5.41, 5.74) is 6.05. The molecule has 1 saturated heterocycles. The lowest BCUT2D eigenvalue weighted by Crippen LogP contribution is -2.38. The van der Waals surface area contributed by atoms with Gasteiger partial charge in [0.2, 0.25) is 5.91 Å². The molecule has 1 fully saturated rings. The Balaban J connectivity index is 1.76. The molecule has 0 N–H and O–H groups in total. The van der Waals surface area contributed by atoms with E-state index in [1.165, 1.54) is 22.3 Å². The number of carbonyl (C=O) groups is 1. The number of thioether (sulfide) groups is 1. The van der Waals surface area contributed by atoms with Crippen LogP contribution in [0.2, 0.25) is 0 Å². The van der Waals surface area contributed by atoms with Gasteiger partial charge in [0.25, 0.3) is 0 Å². The molecule has 5 heteroatoms. The lowest BCUT2D eigenvalue weighted by Gasteiger charge is -2.33. The highest BCUT2D eigenvalue weighted by molar-refractivity contribution is 8.15. The van der Waals surface area contributed by atoms with Crippen molar-refractivity contribution in [3.8, 4) is 0 Å². The van der Waals surface area contributed by atoms with Gasteiger partial charge in [-0.25, -0.2) is 4.99 Å². The van der Waals surface area contributed by atoms with Gasteiger partial charge in [-0.05, 0) is 62.4 Å². The summed E-state index contributed by atoms with van der Waals surface area (Å²) in [6.45, 7) is 4.07. The van der Waals surface area contributed by atoms with Crippen LogP contribution in [0.5, 0.6) is 0 Å². The van der Waals surface area contributed by atoms with Crippen molar-refractivity contribution in [2.45, 2.75) is 44.4 Å². The molecule has 5 rings (SSSR count). The predicted molar refractivity (Wildman–Crippen MR) is 104 cm³/mol. The highest BCUT2D eigenvalue weighted by Crippen LogP contribution is 2.48. The van der Waals surface area contributed by atoms with Crippen LogP contribution in [-0.4, -0.2) is 21.2 Å². The Hall–Kier alpha value is -2.27. The van der Waals surface area contributed by atoms with Crippen molar-refractivity contribution in [3.63, 3.8) is 0 Å². The number of hydrogen-bond acceptors (Lipinski definition) is 4. The van der Waals surface area contributed by atoms with E-state index in [9.17, 15) is 4.79 Å². The van der Waals surface area contributed by atoms with Gasteiger partial charge < -0.3 is 4.42 Å². The molecule has 3 aliphatic rings. The Morgan fingerprint density at radius 1 is 1.27 bits per heavy atom. The fourth-order valence-electron chi connectivity index (χ4n) is 4.16. The lowest BCUT2D eigenvalue weighted by molar-refractivity contribution is -0.127. The Bertz CT molecular complexity index is 958. The van der Waals surface area contributed by atoms with Gasteiger partial charge in [-0.2, -0.15) is 0 Å². The number of nitrogens with zero attached hydrogens (tertiary/aromatic N) is 2. The molecule has 2 atom stereocenters. The van der Waals surface area contributed by atoms with Crippen LogP contribution in [0.15, 0.2) is 51.6 Å². The van der Waals surface area contributed by atoms with Gasteiger partial charge in [0.05, 0.1) is 17.2 Å². The SMILES string of the molecule is Cc1ccc2c(c1)C1=C(CCC2)C(c2ccco2)N2C(=O)C(C)SC2=N1. The summed E-state index contributed by atoms with van der Waals surface area (Å²) in [7, 11) is 0. The van der Waals surface area contributed by atoms with Crippen molar-refractivity contribution >= 4 is 28.5 Å². The number of fused-ring (bicyclic) bond motifs is 3. The largest absolute Gasteiger partial charge is 0.467 e. The van der Waals surface area contributed by atoms with Gasteiger partial charge in [0, 0.05) is 5.56 Å². The van der Waals surface area contributed by atoms with E-state index in [0.717, 1.165) is 35.9 Å². The minimum Gasteiger partial charge on any atom is -0.467 e. The van der Waals surface area contributed by atoms with Crippen molar-refractivity contribution in [3.05, 3.63) is 64.6 Å². The van der Waals surface area contributed by atoms with Gasteiger partial charge in [-0.3, -0.25) is 9.69 Å². The Morgan fingerprint density at radius 2 is 2.15 bits per heavy atom. The van der Waals surface area contributed by atoms with Crippen LogP contribution in [0.25, 0.3) is 5.70 Å². The molecule has 0 spiro atoms. The number of aryl methyl sites for hydroxylation is 2. The molecule has 0 saturated carbocycles. The fraction of sp³-hybridized carbons (Fsp3) is 0.333. The first-order chi connectivity index (χ1) is 12.6. The zero-order valence-corrected chi connectivity index (χ0v) is 15.7. The van der Waals surface area contributed by atoms with Gasteiger partial charge >= 0.3 is 0 Å². The summed E-state index contributed by atoms with van der Waals surface area (Å²) in [6.07, 6.45) is 4.71. The maximum absolute atomic E-state index is 12.9. The van der Waals surface area contributed by atoms with Crippen molar-refractivity contribution < 1.29 is 9.21 Å². The summed E-state index contributed by atoms with van der Waals surface area (Å²) >= 11 is 1.55. The van der Waals surface area contributed by atoms with Crippen LogP contribution in [0.1, 0.15) is 48.3 Å². The van der Waals surface area contributed by atoms with E-state index in [1.807, 2.05) is 24.0 Å². The predicted octanol–water partition coefficient (Wildman–Crippen LogP) is 4.71. The molecule has 1 aromatic heterocycles. The van der Waals surface area contributed by atoms with Crippen LogP contribution in [0, 0.1) is 6.92 Å². The van der Waals surface area contributed by atoms with Crippen molar-refractivity contribution in [1.82, 2.24) is 4.90 Å². The summed E-state index contributed by atoms with van der Waals surface area (Å²) in [5, 5.41) is 0.698. The van der Waals surface area contributed by atoms with E-state index in [0.29, 0.717) is 0 Å². The van der Waals surface area contributed by atoms with E-state index < -0.39 is 0 Å². The van der Waals surface area contributed by atoms with Gasteiger partial charge in [0.15, 0.2) is 5.17 Å². The van der Waals surface area contributed by atoms with E-state index in [2.05, 4.69) is 25.1 Å². The third kappa shape index (κ3) is 2.30. The average molecular weight is 364 g/mol. The van der Waals surface area contributed by atoms with E-state index in [1.54, 1.807) is 18.0 Å². The lowest BCUT2D eigenvalue weighted by atomic mass is 9.93. The monoisotopic (exact) mass is 364 g/mol. The van der Waals surface area contributed by atoms with E-state index >= 15 is 0 Å². The molecular weight excluding hydrogens is 344 g/mol. The minimum atomic E-state index is -0.177. The molecule has 26 heavy (non-hydrogen) atoms. The third-order valence-electron chi connectivity index (χ3n) is 5.40. The highest BCUT2D eigenvalue weighted by atomic mass is 32.2. The molecule has 1 amide bonds. The maximum atomic E-state index is 12.9. The average Bonchev–Trinajstić information content (AvgIpc) is 3.20. The molecule has 4 nitrogen and oxygen atoms in total. The first kappa shape index (κ1) is 15.9. The van der Waals surface area contributed by atoms with Gasteiger partial charge in [-0.15, -0.1) is 0 Å². The molecule has 2 unspecified atom stereocenters. The number of amidine groups is 1. The molecule has 0 radical (unpaired) electrons. The molecule has 1 aromatic carbocycles. The summed E-state index contributed by atoms with van der Waals surface area (Å²) < 4.78 is 5.77. The third-order valence-corrected chi connectivity index (χ3v) is 6.45. The number of amides is 1. The molecule has 2 aliphatic heterocycles. The van der Waals surface area contributed by atoms with Crippen LogP contribution >= 0.6 is 11.8 Å². The topological polar surface area (TPSA) is 45.8 Å². The number of hydrogen-bond donors (Lipinski definition) is 0. The Morgan fingerprint density at radius 3 is 2.96 bits per heavy atom. The summed E-state index contributed by atoms with van der Waals surface area (Å²) in [5.74, 6) is 0.944. The second-order valence-corrected chi connectivity index (χ2v) is 8.48. The second-order valence-electron chi connectivity index (χ2n) is 7.17. The van der Waals surface area contributed by atoms with Crippen LogP contribution in [0.4, 0.5) is 0 Å². The summed E-state index contributed by atoms with van der Waals surface area (Å²) in [4.78, 5) is 19.7. The number of carbonyl (C=O) groups excluding carboxylic acids is 1. The van der Waals surface area contributed by atoms with Gasteiger partial charge in [0.1, 0.15) is 11.8 Å². The molecular formula is C21H20N2O2S. The number of aliphatic imine (C=N–C) groups is 1. The van der Waals surface area contributed by atoms with Crippen LogP contribution in [0.3, 0.4) is 0 Å².